The lowest BCUT2D eigenvalue weighted by atomic mass is 9.95. The molecule has 0 bridgehead atoms. The molecule has 0 radical (unpaired) electrons. The van der Waals surface area contributed by atoms with Crippen molar-refractivity contribution in [3.63, 3.8) is 0 Å². The number of hydrogen-bond donors (Lipinski definition) is 3. The molecule has 1 amide bonds. The molecule has 11 heteroatoms. The van der Waals surface area contributed by atoms with Crippen molar-refractivity contribution >= 4 is 44.2 Å². The number of anilines is 2. The highest BCUT2D eigenvalue weighted by atomic mass is 32.2. The van der Waals surface area contributed by atoms with Crippen LogP contribution < -0.4 is 10.0 Å². The molecule has 170 valence electrons. The minimum Gasteiger partial charge on any atom is -0.465 e. The molecule has 0 aliphatic rings. The first kappa shape index (κ1) is 23.2. The van der Waals surface area contributed by atoms with Gasteiger partial charge in [-0.15, -0.1) is 0 Å². The van der Waals surface area contributed by atoms with Gasteiger partial charge in [0.15, 0.2) is 0 Å². The number of H-pyrrole nitrogens is 1. The molecule has 0 atom stereocenters. The van der Waals surface area contributed by atoms with Gasteiger partial charge in [-0.25, -0.2) is 22.0 Å². The molecule has 0 spiro atoms. The fraction of sp³-hybridized carbons (Fsp3) is 0.238. The number of carbonyl (C=O) groups excluding carboxylic acids is 2. The Bertz CT molecular complexity index is 1330. The Morgan fingerprint density at radius 2 is 1.75 bits per heavy atom. The van der Waals surface area contributed by atoms with Crippen molar-refractivity contribution in [3.05, 3.63) is 53.7 Å². The van der Waals surface area contributed by atoms with Crippen LogP contribution in [0.25, 0.3) is 10.9 Å². The number of carbonyl (C=O) groups is 2. The predicted octanol–water partition coefficient (Wildman–Crippen LogP) is 4.02. The summed E-state index contributed by atoms with van der Waals surface area (Å²) in [5.74, 6) is -3.61. The van der Waals surface area contributed by atoms with Crippen molar-refractivity contribution in [1.29, 1.82) is 0 Å². The van der Waals surface area contributed by atoms with E-state index in [1.54, 1.807) is 26.8 Å². The molecule has 0 fully saturated rings. The van der Waals surface area contributed by atoms with E-state index in [4.69, 9.17) is 0 Å². The van der Waals surface area contributed by atoms with Crippen molar-refractivity contribution in [2.45, 2.75) is 25.7 Å². The van der Waals surface area contributed by atoms with Crippen LogP contribution in [0.3, 0.4) is 0 Å². The average molecular weight is 465 g/mol. The molecule has 1 heterocycles. The number of nitrogens with one attached hydrogen (secondary N) is 3. The van der Waals surface area contributed by atoms with Gasteiger partial charge in [-0.05, 0) is 24.3 Å². The quantitative estimate of drug-likeness (QED) is 0.492. The van der Waals surface area contributed by atoms with Gasteiger partial charge in [0, 0.05) is 34.3 Å². The molecule has 32 heavy (non-hydrogen) atoms. The molecule has 0 saturated heterocycles. The van der Waals surface area contributed by atoms with Crippen molar-refractivity contribution in [2.24, 2.45) is 5.41 Å². The van der Waals surface area contributed by atoms with Gasteiger partial charge in [0.25, 0.3) is 10.0 Å². The predicted molar refractivity (Wildman–Crippen MR) is 115 cm³/mol. The van der Waals surface area contributed by atoms with Crippen molar-refractivity contribution < 1.29 is 31.5 Å². The monoisotopic (exact) mass is 465 g/mol. The molecule has 1 aromatic heterocycles. The van der Waals surface area contributed by atoms with E-state index in [9.17, 15) is 26.8 Å². The van der Waals surface area contributed by atoms with Crippen LogP contribution in [-0.2, 0) is 19.6 Å². The molecule has 8 nitrogen and oxygen atoms in total. The highest BCUT2D eigenvalue weighted by Gasteiger charge is 2.24. The molecule has 0 aliphatic carbocycles. The van der Waals surface area contributed by atoms with Crippen LogP contribution >= 0.6 is 0 Å². The summed E-state index contributed by atoms with van der Waals surface area (Å²) in [7, 11) is -3.32. The lowest BCUT2D eigenvalue weighted by molar-refractivity contribution is -0.123. The summed E-state index contributed by atoms with van der Waals surface area (Å²) in [5.41, 5.74) is -1.08. The topological polar surface area (TPSA) is 117 Å². The summed E-state index contributed by atoms with van der Waals surface area (Å²) >= 11 is 0. The molecule has 0 unspecified atom stereocenters. The number of aromatic amines is 1. The summed E-state index contributed by atoms with van der Waals surface area (Å²) in [5, 5.41) is 3.02. The Morgan fingerprint density at radius 1 is 1.06 bits per heavy atom. The lowest BCUT2D eigenvalue weighted by Crippen LogP contribution is -2.27. The number of rotatable bonds is 5. The van der Waals surface area contributed by atoms with Gasteiger partial charge in [0.05, 0.1) is 18.4 Å². The third-order valence-electron chi connectivity index (χ3n) is 4.58. The number of hydrogen-bond acceptors (Lipinski definition) is 5. The van der Waals surface area contributed by atoms with E-state index in [0.29, 0.717) is 23.3 Å². The fourth-order valence-corrected chi connectivity index (χ4v) is 4.05. The summed E-state index contributed by atoms with van der Waals surface area (Å²) in [6, 6.07) is 5.69. The smallest absolute Gasteiger partial charge is 0.340 e. The van der Waals surface area contributed by atoms with Crippen LogP contribution in [0, 0.1) is 17.0 Å². The van der Waals surface area contributed by atoms with Crippen molar-refractivity contribution in [1.82, 2.24) is 4.98 Å². The third-order valence-corrected chi connectivity index (χ3v) is 5.98. The molecule has 2 aromatic carbocycles. The van der Waals surface area contributed by atoms with Crippen LogP contribution in [0.1, 0.15) is 31.1 Å². The highest BCUT2D eigenvalue weighted by Crippen LogP contribution is 2.29. The Kier molecular flexibility index (Phi) is 5.96. The van der Waals surface area contributed by atoms with E-state index in [2.05, 4.69) is 15.0 Å². The Labute approximate surface area is 183 Å². The van der Waals surface area contributed by atoms with E-state index < -0.39 is 44.3 Å². The van der Waals surface area contributed by atoms with Gasteiger partial charge in [0.2, 0.25) is 5.91 Å². The van der Waals surface area contributed by atoms with Gasteiger partial charge in [-0.1, -0.05) is 20.8 Å². The van der Waals surface area contributed by atoms with E-state index in [-0.39, 0.29) is 16.2 Å². The van der Waals surface area contributed by atoms with Crippen LogP contribution in [0.5, 0.6) is 0 Å². The molecule has 0 aliphatic heterocycles. The second kappa shape index (κ2) is 8.23. The number of halogens is 2. The normalized spacial score (nSPS) is 11.9. The van der Waals surface area contributed by atoms with Gasteiger partial charge >= 0.3 is 5.97 Å². The first-order valence-corrected chi connectivity index (χ1v) is 10.8. The maximum Gasteiger partial charge on any atom is 0.340 e. The fourth-order valence-electron chi connectivity index (χ4n) is 2.81. The number of benzene rings is 2. The lowest BCUT2D eigenvalue weighted by Gasteiger charge is -2.17. The number of esters is 1. The minimum absolute atomic E-state index is 0.210. The van der Waals surface area contributed by atoms with E-state index in [1.165, 1.54) is 18.3 Å². The van der Waals surface area contributed by atoms with Gasteiger partial charge in [-0.3, -0.25) is 9.52 Å². The second-order valence-corrected chi connectivity index (χ2v) is 9.68. The van der Waals surface area contributed by atoms with Gasteiger partial charge < -0.3 is 15.0 Å². The van der Waals surface area contributed by atoms with Crippen LogP contribution in [-0.4, -0.2) is 32.4 Å². The van der Waals surface area contributed by atoms with Crippen molar-refractivity contribution in [3.8, 4) is 0 Å². The average Bonchev–Trinajstić information content (AvgIpc) is 3.13. The summed E-state index contributed by atoms with van der Waals surface area (Å²) in [6.07, 6.45) is 1.19. The molecule has 3 aromatic rings. The zero-order valence-corrected chi connectivity index (χ0v) is 18.5. The minimum atomic E-state index is -4.33. The van der Waals surface area contributed by atoms with E-state index in [1.807, 2.05) is 4.72 Å². The maximum absolute atomic E-state index is 14.3. The molecular weight excluding hydrogens is 444 g/mol. The van der Waals surface area contributed by atoms with Crippen LogP contribution in [0.15, 0.2) is 41.4 Å². The van der Waals surface area contributed by atoms with Crippen LogP contribution in [0.4, 0.5) is 20.2 Å². The number of fused-ring (bicyclic) bond motifs is 1. The third kappa shape index (κ3) is 4.57. The Balaban J connectivity index is 1.92. The SMILES string of the molecule is COC(=O)c1cc(F)c(NS(=O)(=O)c2c[nH]c3cc(NC(=O)C(C)(C)C)ccc23)cc1F. The molecule has 0 saturated carbocycles. The number of methoxy groups -OCH3 is 1. The second-order valence-electron chi connectivity index (χ2n) is 8.03. The van der Waals surface area contributed by atoms with E-state index >= 15 is 0 Å². The van der Waals surface area contributed by atoms with E-state index in [0.717, 1.165) is 7.11 Å². The largest absolute Gasteiger partial charge is 0.465 e. The molecule has 3 rings (SSSR count). The zero-order valence-electron chi connectivity index (χ0n) is 17.7. The Hall–Kier alpha value is -3.47. The highest BCUT2D eigenvalue weighted by molar-refractivity contribution is 7.93. The first-order valence-electron chi connectivity index (χ1n) is 9.36. The molecular formula is C21H21F2N3O5S. The number of aromatic nitrogens is 1. The first-order chi connectivity index (χ1) is 14.8. The summed E-state index contributed by atoms with van der Waals surface area (Å²) in [6.45, 7) is 5.27. The summed E-state index contributed by atoms with van der Waals surface area (Å²) in [4.78, 5) is 26.2. The maximum atomic E-state index is 14.3. The number of ether oxygens (including phenoxy) is 1. The van der Waals surface area contributed by atoms with Gasteiger partial charge in [-0.2, -0.15) is 0 Å². The van der Waals surface area contributed by atoms with Gasteiger partial charge in [0.1, 0.15) is 16.5 Å². The summed E-state index contributed by atoms with van der Waals surface area (Å²) < 4.78 is 60.5. The molecule has 3 N–H and O–H groups in total. The number of sulfonamides is 1. The number of amides is 1. The standard InChI is InChI=1S/C21H21F2N3O5S/c1-21(2,3)20(28)25-11-5-6-12-16(7-11)24-10-18(12)32(29,30)26-17-9-14(22)13(8-15(17)23)19(27)31-4/h5-10,24,26H,1-4H3,(H,25,28). The zero-order chi connectivity index (χ0) is 23.8. The van der Waals surface area contributed by atoms with Crippen molar-refractivity contribution in [2.75, 3.05) is 17.1 Å². The Morgan fingerprint density at radius 3 is 2.38 bits per heavy atom. The van der Waals surface area contributed by atoms with Crippen LogP contribution in [0.2, 0.25) is 0 Å².